The van der Waals surface area contributed by atoms with Gasteiger partial charge in [0.1, 0.15) is 17.7 Å². The van der Waals surface area contributed by atoms with Gasteiger partial charge in [-0.15, -0.1) is 0 Å². The van der Waals surface area contributed by atoms with Crippen molar-refractivity contribution in [2.45, 2.75) is 64.1 Å². The van der Waals surface area contributed by atoms with E-state index in [0.717, 1.165) is 29.6 Å². The Morgan fingerprint density at radius 1 is 1.03 bits per heavy atom. The molecule has 1 saturated carbocycles. The van der Waals surface area contributed by atoms with Gasteiger partial charge in [-0.05, 0) is 52.5 Å². The lowest BCUT2D eigenvalue weighted by molar-refractivity contribution is -0.151. The average molecular weight is 507 g/mol. The van der Waals surface area contributed by atoms with Crippen LogP contribution < -0.4 is 14.4 Å². The van der Waals surface area contributed by atoms with Gasteiger partial charge in [0, 0.05) is 36.6 Å². The summed E-state index contributed by atoms with van der Waals surface area (Å²) in [5.74, 6) is 0.637. The highest BCUT2D eigenvalue weighted by Gasteiger charge is 2.44. The largest absolute Gasteiger partial charge is 0.493 e. The van der Waals surface area contributed by atoms with Crippen LogP contribution in [-0.4, -0.2) is 79.4 Å². The number of methoxy groups -OCH3 is 2. The second kappa shape index (κ2) is 9.77. The number of hydrogen-bond donors (Lipinski definition) is 0. The first kappa shape index (κ1) is 25.4. The van der Waals surface area contributed by atoms with E-state index >= 15 is 0 Å². The molecule has 0 unspecified atom stereocenters. The molecule has 2 heterocycles. The van der Waals surface area contributed by atoms with Crippen LogP contribution in [0.3, 0.4) is 0 Å². The van der Waals surface area contributed by atoms with Crippen molar-refractivity contribution in [1.29, 1.82) is 0 Å². The topological polar surface area (TPSA) is 111 Å². The number of nitrogens with zero attached hydrogens (tertiary/aromatic N) is 4. The molecule has 0 radical (unpaired) electrons. The quantitative estimate of drug-likeness (QED) is 0.499. The van der Waals surface area contributed by atoms with Crippen LogP contribution in [-0.2, 0) is 19.6 Å². The van der Waals surface area contributed by atoms with Gasteiger partial charge in [0.25, 0.3) is 0 Å². The number of hydrogen-bond acceptors (Lipinski definition) is 9. The first-order valence-electron chi connectivity index (χ1n) is 11.9. The van der Waals surface area contributed by atoms with E-state index in [4.69, 9.17) is 14.2 Å². The first-order valence-corrected chi connectivity index (χ1v) is 13.5. The molecule has 0 amide bonds. The highest BCUT2D eigenvalue weighted by Crippen LogP contribution is 2.38. The summed E-state index contributed by atoms with van der Waals surface area (Å²) >= 11 is 0. The third kappa shape index (κ3) is 5.78. The Morgan fingerprint density at radius 3 is 2.20 bits per heavy atom. The van der Waals surface area contributed by atoms with Crippen molar-refractivity contribution in [3.05, 3.63) is 18.5 Å². The van der Waals surface area contributed by atoms with Gasteiger partial charge in [0.05, 0.1) is 19.7 Å². The monoisotopic (exact) mass is 506 g/mol. The van der Waals surface area contributed by atoms with Crippen LogP contribution >= 0.6 is 0 Å². The summed E-state index contributed by atoms with van der Waals surface area (Å²) in [7, 11) is -0.611. The second-order valence-corrected chi connectivity index (χ2v) is 11.9. The third-order valence-corrected chi connectivity index (χ3v) is 8.03. The molecule has 192 valence electrons. The van der Waals surface area contributed by atoms with Crippen molar-refractivity contribution in [3.8, 4) is 11.5 Å². The number of benzene rings is 1. The predicted molar refractivity (Wildman–Crippen MR) is 132 cm³/mol. The Balaban J connectivity index is 1.50. The second-order valence-electron chi connectivity index (χ2n) is 10.0. The zero-order valence-corrected chi connectivity index (χ0v) is 21.8. The Kier molecular flexibility index (Phi) is 7.10. The number of esters is 1. The minimum absolute atomic E-state index is 0.0319. The van der Waals surface area contributed by atoms with Gasteiger partial charge in [0.15, 0.2) is 17.3 Å². The molecule has 2 fully saturated rings. The molecule has 2 aliphatic rings. The fraction of sp³-hybridized carbons (Fsp3) is 0.625. The first-order chi connectivity index (χ1) is 16.5. The molecule has 2 aromatic rings. The number of piperidine rings is 1. The van der Waals surface area contributed by atoms with Crippen molar-refractivity contribution in [3.63, 3.8) is 0 Å². The van der Waals surface area contributed by atoms with Gasteiger partial charge in [-0.3, -0.25) is 4.79 Å². The van der Waals surface area contributed by atoms with Crippen LogP contribution in [0.2, 0.25) is 0 Å². The number of rotatable bonds is 8. The summed E-state index contributed by atoms with van der Waals surface area (Å²) < 4.78 is 44.2. The molecular formula is C24H34N4O6S. The van der Waals surface area contributed by atoms with Crippen molar-refractivity contribution >= 4 is 32.7 Å². The fourth-order valence-corrected chi connectivity index (χ4v) is 6.47. The van der Waals surface area contributed by atoms with Gasteiger partial charge < -0.3 is 19.1 Å². The lowest BCUT2D eigenvalue weighted by Crippen LogP contribution is -2.50. The molecule has 35 heavy (non-hydrogen) atoms. The molecule has 0 N–H and O–H groups in total. The van der Waals surface area contributed by atoms with E-state index in [2.05, 4.69) is 14.9 Å². The molecular weight excluding hydrogens is 472 g/mol. The fourth-order valence-electron chi connectivity index (χ4n) is 4.63. The number of aromatic nitrogens is 2. The maximum atomic E-state index is 13.2. The zero-order valence-electron chi connectivity index (χ0n) is 21.0. The average Bonchev–Trinajstić information content (AvgIpc) is 3.61. The molecule has 0 bridgehead atoms. The van der Waals surface area contributed by atoms with E-state index in [9.17, 15) is 13.2 Å². The number of carbonyl (C=O) groups is 1. The van der Waals surface area contributed by atoms with Gasteiger partial charge in [0.2, 0.25) is 10.0 Å². The van der Waals surface area contributed by atoms with Crippen LogP contribution in [0, 0.1) is 0 Å². The predicted octanol–water partition coefficient (Wildman–Crippen LogP) is 2.75. The van der Waals surface area contributed by atoms with Gasteiger partial charge >= 0.3 is 5.97 Å². The van der Waals surface area contributed by atoms with E-state index in [1.54, 1.807) is 39.3 Å². The maximum Gasteiger partial charge on any atom is 0.323 e. The molecule has 1 aliphatic heterocycles. The van der Waals surface area contributed by atoms with E-state index in [0.29, 0.717) is 37.4 Å². The number of sulfonamides is 1. The van der Waals surface area contributed by atoms with E-state index in [-0.39, 0.29) is 12.1 Å². The molecule has 4 rings (SSSR count). The van der Waals surface area contributed by atoms with E-state index in [1.807, 2.05) is 12.1 Å². The summed E-state index contributed by atoms with van der Waals surface area (Å²) in [6.07, 6.45) is 4.46. The summed E-state index contributed by atoms with van der Waals surface area (Å²) in [5, 5.41) is 0.847. The van der Waals surface area contributed by atoms with Crippen molar-refractivity contribution in [2.24, 2.45) is 0 Å². The van der Waals surface area contributed by atoms with Crippen molar-refractivity contribution in [1.82, 2.24) is 14.3 Å². The van der Waals surface area contributed by atoms with E-state index in [1.165, 1.54) is 6.33 Å². The SMILES string of the molecule is COc1cc2ncnc(N3CCC(N(C4CC4)S(=O)(=O)CC(=O)OC(C)(C)C)CC3)c2cc1OC. The summed E-state index contributed by atoms with van der Waals surface area (Å²) in [6.45, 7) is 6.46. The third-order valence-electron chi connectivity index (χ3n) is 6.19. The molecule has 1 saturated heterocycles. The lowest BCUT2D eigenvalue weighted by Gasteiger charge is -2.38. The van der Waals surface area contributed by atoms with Gasteiger partial charge in [-0.1, -0.05) is 0 Å². The molecule has 1 aromatic heterocycles. The number of carbonyl (C=O) groups excluding carboxylic acids is 1. The molecule has 10 nitrogen and oxygen atoms in total. The van der Waals surface area contributed by atoms with Crippen LogP contribution in [0.1, 0.15) is 46.5 Å². The van der Waals surface area contributed by atoms with Gasteiger partial charge in [-0.2, -0.15) is 4.31 Å². The molecule has 1 aromatic carbocycles. The van der Waals surface area contributed by atoms with Crippen LogP contribution in [0.5, 0.6) is 11.5 Å². The van der Waals surface area contributed by atoms with E-state index < -0.39 is 27.3 Å². The minimum atomic E-state index is -3.78. The lowest BCUT2D eigenvalue weighted by atomic mass is 10.0. The summed E-state index contributed by atoms with van der Waals surface area (Å²) in [6, 6.07) is 3.51. The highest BCUT2D eigenvalue weighted by atomic mass is 32.2. The Bertz CT molecular complexity index is 1180. The normalized spacial score (nSPS) is 17.6. The minimum Gasteiger partial charge on any atom is -0.493 e. The Labute approximate surface area is 206 Å². The van der Waals surface area contributed by atoms with Crippen molar-refractivity contribution < 1.29 is 27.4 Å². The molecule has 0 spiro atoms. The number of fused-ring (bicyclic) bond motifs is 1. The molecule has 0 atom stereocenters. The van der Waals surface area contributed by atoms with Crippen molar-refractivity contribution in [2.75, 3.05) is 38.0 Å². The van der Waals surface area contributed by atoms with Crippen LogP contribution in [0.25, 0.3) is 10.9 Å². The zero-order chi connectivity index (χ0) is 25.4. The Morgan fingerprint density at radius 2 is 1.63 bits per heavy atom. The standard InChI is InChI=1S/C24H34N4O6S/c1-24(2,3)34-22(29)14-35(30,31)28(16-6-7-16)17-8-10-27(11-9-17)23-18-12-20(32-4)21(33-5)13-19(18)25-15-26-23/h12-13,15-17H,6-11,14H2,1-5H3. The molecule has 11 heteroatoms. The van der Waals surface area contributed by atoms with Crippen LogP contribution in [0.4, 0.5) is 5.82 Å². The van der Waals surface area contributed by atoms with Gasteiger partial charge in [-0.25, -0.2) is 18.4 Å². The Hall–Kier alpha value is -2.66. The maximum absolute atomic E-state index is 13.2. The summed E-state index contributed by atoms with van der Waals surface area (Å²) in [4.78, 5) is 23.3. The number of ether oxygens (including phenoxy) is 3. The van der Waals surface area contributed by atoms with Crippen LogP contribution in [0.15, 0.2) is 18.5 Å². The number of anilines is 1. The summed E-state index contributed by atoms with van der Waals surface area (Å²) in [5.41, 5.74) is 0.0179. The highest BCUT2D eigenvalue weighted by molar-refractivity contribution is 7.89. The smallest absolute Gasteiger partial charge is 0.323 e. The molecule has 1 aliphatic carbocycles.